The molecule has 0 bridgehead atoms. The highest BCUT2D eigenvalue weighted by Crippen LogP contribution is 2.28. The fourth-order valence-electron chi connectivity index (χ4n) is 4.27. The summed E-state index contributed by atoms with van der Waals surface area (Å²) in [6.45, 7) is 3.43. The van der Waals surface area contributed by atoms with Gasteiger partial charge in [-0.25, -0.2) is 4.98 Å². The summed E-state index contributed by atoms with van der Waals surface area (Å²) in [7, 11) is 3.18. The number of nitrogens with zero attached hydrogens (tertiary/aromatic N) is 2. The molecule has 1 amide bonds. The molecule has 0 spiro atoms. The Balaban J connectivity index is 1.40. The van der Waals surface area contributed by atoms with Crippen molar-refractivity contribution < 1.29 is 19.0 Å². The number of carbonyl (C=O) groups is 1. The number of carbonyl (C=O) groups excluding carboxylic acids is 1. The Hall–Kier alpha value is -4.00. The van der Waals surface area contributed by atoms with Gasteiger partial charge in [0.05, 0.1) is 44.3 Å². The second-order valence-corrected chi connectivity index (χ2v) is 8.63. The predicted octanol–water partition coefficient (Wildman–Crippen LogP) is 5.33. The van der Waals surface area contributed by atoms with E-state index >= 15 is 0 Å². The summed E-state index contributed by atoms with van der Waals surface area (Å²) >= 11 is 0. The molecule has 3 aromatic carbocycles. The Morgan fingerprint density at radius 2 is 1.69 bits per heavy atom. The third-order valence-electron chi connectivity index (χ3n) is 6.05. The molecule has 1 atom stereocenters. The first-order valence-corrected chi connectivity index (χ1v) is 12.2. The summed E-state index contributed by atoms with van der Waals surface area (Å²) in [6.07, 6.45) is 2.09. The molecule has 1 unspecified atom stereocenters. The van der Waals surface area contributed by atoms with E-state index in [9.17, 15) is 4.79 Å². The Morgan fingerprint density at radius 1 is 0.944 bits per heavy atom. The van der Waals surface area contributed by atoms with Crippen LogP contribution >= 0.6 is 0 Å². The Kier molecular flexibility index (Phi) is 8.44. The van der Waals surface area contributed by atoms with Crippen molar-refractivity contribution in [3.05, 3.63) is 84.2 Å². The molecule has 1 aromatic heterocycles. The van der Waals surface area contributed by atoms with Crippen molar-refractivity contribution in [1.82, 2.24) is 14.9 Å². The third-order valence-corrected chi connectivity index (χ3v) is 6.05. The molecule has 4 aromatic rings. The van der Waals surface area contributed by atoms with Gasteiger partial charge in [-0.15, -0.1) is 0 Å². The van der Waals surface area contributed by atoms with E-state index in [4.69, 9.17) is 19.2 Å². The topological polar surface area (TPSA) is 74.6 Å². The van der Waals surface area contributed by atoms with Crippen LogP contribution in [0.3, 0.4) is 0 Å². The average molecular weight is 488 g/mol. The van der Waals surface area contributed by atoms with Gasteiger partial charge in [-0.05, 0) is 61.7 Å². The van der Waals surface area contributed by atoms with E-state index in [0.29, 0.717) is 18.1 Å². The molecular formula is C29H33N3O4. The lowest BCUT2D eigenvalue weighted by Gasteiger charge is -2.17. The van der Waals surface area contributed by atoms with Gasteiger partial charge < -0.3 is 24.1 Å². The number of ether oxygens (including phenoxy) is 3. The van der Waals surface area contributed by atoms with Crippen molar-refractivity contribution in [2.75, 3.05) is 20.8 Å². The highest BCUT2D eigenvalue weighted by atomic mass is 16.5. The van der Waals surface area contributed by atoms with Gasteiger partial charge in [0, 0.05) is 6.54 Å². The summed E-state index contributed by atoms with van der Waals surface area (Å²) in [5, 5.41) is 3.12. The molecule has 0 aliphatic rings. The first kappa shape index (κ1) is 25.1. The number of rotatable bonds is 12. The number of hydrogen-bond acceptors (Lipinski definition) is 5. The lowest BCUT2D eigenvalue weighted by atomic mass is 10.1. The third kappa shape index (κ3) is 6.16. The van der Waals surface area contributed by atoms with Crippen molar-refractivity contribution >= 4 is 16.9 Å². The van der Waals surface area contributed by atoms with E-state index in [1.54, 1.807) is 14.2 Å². The van der Waals surface area contributed by atoms with Crippen LogP contribution in [0.1, 0.15) is 37.2 Å². The molecule has 1 N–H and O–H groups in total. The molecule has 0 aliphatic carbocycles. The number of unbranched alkanes of at least 4 members (excludes halogenated alkanes) is 1. The molecule has 0 saturated carbocycles. The normalized spacial score (nSPS) is 11.8. The van der Waals surface area contributed by atoms with Crippen LogP contribution in [0.15, 0.2) is 72.8 Å². The highest BCUT2D eigenvalue weighted by Gasteiger charge is 2.19. The minimum Gasteiger partial charge on any atom is -0.494 e. The van der Waals surface area contributed by atoms with Gasteiger partial charge in [0.25, 0.3) is 0 Å². The molecule has 188 valence electrons. The van der Waals surface area contributed by atoms with Crippen LogP contribution in [0.4, 0.5) is 0 Å². The summed E-state index contributed by atoms with van der Waals surface area (Å²) in [5.41, 5.74) is 2.84. The number of benzene rings is 3. The monoisotopic (exact) mass is 487 g/mol. The molecule has 0 fully saturated rings. The lowest BCUT2D eigenvalue weighted by molar-refractivity contribution is -0.121. The van der Waals surface area contributed by atoms with E-state index in [2.05, 4.69) is 16.0 Å². The van der Waals surface area contributed by atoms with Gasteiger partial charge in [0.15, 0.2) is 11.5 Å². The number of fused-ring (bicyclic) bond motifs is 1. The second-order valence-electron chi connectivity index (χ2n) is 8.63. The van der Waals surface area contributed by atoms with Crippen LogP contribution in [-0.2, 0) is 17.8 Å². The number of methoxy groups -OCH3 is 2. The number of nitrogens with one attached hydrogen (secondary N) is 1. The zero-order valence-corrected chi connectivity index (χ0v) is 21.1. The van der Waals surface area contributed by atoms with Gasteiger partial charge in [-0.1, -0.05) is 36.4 Å². The van der Waals surface area contributed by atoms with E-state index in [0.717, 1.165) is 47.6 Å². The number of aromatic nitrogens is 2. The lowest BCUT2D eigenvalue weighted by Crippen LogP contribution is -2.30. The minimum absolute atomic E-state index is 0.0791. The van der Waals surface area contributed by atoms with Crippen LogP contribution < -0.4 is 19.5 Å². The fraction of sp³-hybridized carbons (Fsp3) is 0.310. The van der Waals surface area contributed by atoms with Gasteiger partial charge in [0.1, 0.15) is 11.6 Å². The SMILES string of the molecule is COc1ccc(CC(=O)NC(C)c2nc3ccccc3n2CCCCOc2ccccc2)cc1OC. The molecule has 0 aliphatic heterocycles. The Bertz CT molecular complexity index is 1290. The van der Waals surface area contributed by atoms with Crippen molar-refractivity contribution in [1.29, 1.82) is 0 Å². The summed E-state index contributed by atoms with van der Waals surface area (Å²) in [6, 6.07) is 23.2. The first-order chi connectivity index (χ1) is 17.6. The Morgan fingerprint density at radius 3 is 2.47 bits per heavy atom. The van der Waals surface area contributed by atoms with Crippen molar-refractivity contribution in [3.8, 4) is 17.2 Å². The number of para-hydroxylation sites is 3. The zero-order chi connectivity index (χ0) is 25.3. The molecule has 0 saturated heterocycles. The highest BCUT2D eigenvalue weighted by molar-refractivity contribution is 5.80. The van der Waals surface area contributed by atoms with Crippen molar-refractivity contribution in [3.63, 3.8) is 0 Å². The second kappa shape index (κ2) is 12.1. The quantitative estimate of drug-likeness (QED) is 0.273. The van der Waals surface area contributed by atoms with Crippen molar-refractivity contribution in [2.45, 2.75) is 38.8 Å². The van der Waals surface area contributed by atoms with Gasteiger partial charge >= 0.3 is 0 Å². The molecular weight excluding hydrogens is 454 g/mol. The van der Waals surface area contributed by atoms with Crippen LogP contribution in [0.25, 0.3) is 11.0 Å². The maximum absolute atomic E-state index is 12.9. The average Bonchev–Trinajstić information content (AvgIpc) is 3.27. The van der Waals surface area contributed by atoms with Gasteiger partial charge in [0.2, 0.25) is 5.91 Å². The minimum atomic E-state index is -0.245. The zero-order valence-electron chi connectivity index (χ0n) is 21.1. The number of imidazole rings is 1. The van der Waals surface area contributed by atoms with E-state index in [1.807, 2.05) is 73.7 Å². The molecule has 4 rings (SSSR count). The Labute approximate surface area is 212 Å². The molecule has 7 nitrogen and oxygen atoms in total. The van der Waals surface area contributed by atoms with Crippen LogP contribution in [-0.4, -0.2) is 36.3 Å². The summed E-state index contributed by atoms with van der Waals surface area (Å²) in [4.78, 5) is 17.7. The van der Waals surface area contributed by atoms with E-state index in [1.165, 1.54) is 0 Å². The summed E-state index contributed by atoms with van der Waals surface area (Å²) < 4.78 is 18.7. The molecule has 36 heavy (non-hydrogen) atoms. The predicted molar refractivity (Wildman–Crippen MR) is 141 cm³/mol. The maximum Gasteiger partial charge on any atom is 0.224 e. The first-order valence-electron chi connectivity index (χ1n) is 12.2. The van der Waals surface area contributed by atoms with Crippen LogP contribution in [0.5, 0.6) is 17.2 Å². The molecule has 0 radical (unpaired) electrons. The number of hydrogen-bond donors (Lipinski definition) is 1. The van der Waals surface area contributed by atoms with E-state index in [-0.39, 0.29) is 18.4 Å². The van der Waals surface area contributed by atoms with E-state index < -0.39 is 0 Å². The molecule has 1 heterocycles. The maximum atomic E-state index is 12.9. The van der Waals surface area contributed by atoms with Crippen LogP contribution in [0, 0.1) is 0 Å². The summed E-state index contributed by atoms with van der Waals surface area (Å²) in [5.74, 6) is 2.90. The van der Waals surface area contributed by atoms with Crippen LogP contribution in [0.2, 0.25) is 0 Å². The molecule has 7 heteroatoms. The number of amides is 1. The standard InChI is InChI=1S/C29H33N3O4/c1-21(30-28(33)20-22-15-16-26(34-2)27(19-22)35-3)29-31-24-13-7-8-14-25(24)32(29)17-9-10-18-36-23-11-5-4-6-12-23/h4-8,11-16,19,21H,9-10,17-18,20H2,1-3H3,(H,30,33). The largest absolute Gasteiger partial charge is 0.494 e. The number of aryl methyl sites for hydroxylation is 1. The van der Waals surface area contributed by atoms with Gasteiger partial charge in [-0.3, -0.25) is 4.79 Å². The van der Waals surface area contributed by atoms with Gasteiger partial charge in [-0.2, -0.15) is 0 Å². The fourth-order valence-corrected chi connectivity index (χ4v) is 4.27. The smallest absolute Gasteiger partial charge is 0.224 e. The van der Waals surface area contributed by atoms with Crippen molar-refractivity contribution in [2.24, 2.45) is 0 Å².